The van der Waals surface area contributed by atoms with Crippen LogP contribution in [0.4, 0.5) is 5.69 Å². The molecule has 7 heteroatoms. The molecule has 0 amide bonds. The van der Waals surface area contributed by atoms with Crippen molar-refractivity contribution >= 4 is 5.69 Å². The average molecular weight is 451 g/mol. The monoisotopic (exact) mass is 450 g/mol. The first-order chi connectivity index (χ1) is 16.7. The van der Waals surface area contributed by atoms with Gasteiger partial charge in [-0.05, 0) is 49.2 Å². The van der Waals surface area contributed by atoms with E-state index in [-0.39, 0.29) is 12.1 Å². The quantitative estimate of drug-likeness (QED) is 0.386. The lowest BCUT2D eigenvalue weighted by Gasteiger charge is -2.33. The van der Waals surface area contributed by atoms with Gasteiger partial charge in [0.15, 0.2) is 0 Å². The molecule has 1 aliphatic rings. The average Bonchev–Trinajstić information content (AvgIpc) is 3.32. The fourth-order valence-corrected chi connectivity index (χ4v) is 4.29. The predicted molar refractivity (Wildman–Crippen MR) is 132 cm³/mol. The van der Waals surface area contributed by atoms with Crippen LogP contribution >= 0.6 is 0 Å². The summed E-state index contributed by atoms with van der Waals surface area (Å²) in [7, 11) is 0. The van der Waals surface area contributed by atoms with E-state index in [1.165, 1.54) is 11.1 Å². The Hall–Kier alpha value is -4.15. The van der Waals surface area contributed by atoms with Gasteiger partial charge < -0.3 is 15.4 Å². The maximum absolute atomic E-state index is 9.00. The Labute approximate surface area is 198 Å². The second-order valence-corrected chi connectivity index (χ2v) is 8.42. The lowest BCUT2D eigenvalue weighted by molar-refractivity contribution is 0.150. The molecular formula is C27H26N6O. The fourth-order valence-electron chi connectivity index (χ4n) is 4.29. The van der Waals surface area contributed by atoms with Crippen LogP contribution in [-0.4, -0.2) is 34.4 Å². The van der Waals surface area contributed by atoms with Gasteiger partial charge in [0.05, 0.1) is 36.1 Å². The number of H-pyrrole nitrogens is 1. The number of hydrogen-bond donors (Lipinski definition) is 3. The van der Waals surface area contributed by atoms with Crippen LogP contribution in [0.15, 0.2) is 73.1 Å². The van der Waals surface area contributed by atoms with E-state index in [9.17, 15) is 0 Å². The Kier molecular flexibility index (Phi) is 6.23. The van der Waals surface area contributed by atoms with Crippen molar-refractivity contribution in [2.24, 2.45) is 0 Å². The maximum Gasteiger partial charge on any atom is 0.237 e. The molecule has 2 atom stereocenters. The minimum Gasteiger partial charge on any atom is -0.469 e. The highest BCUT2D eigenvalue weighted by Gasteiger charge is 2.29. The number of aryl methyl sites for hydroxylation is 1. The molecule has 0 saturated carbocycles. The van der Waals surface area contributed by atoms with Crippen LogP contribution in [0.1, 0.15) is 28.4 Å². The standard InChI is InChI=1S/C27H26N6O/c1-18-23(16-32-33-18)22-13-24-27(31-15-22)34-25(17-30-24)26(21-5-3-2-4-6-21)29-12-11-19-7-9-20(14-28)10-8-19/h2-10,13,15-16,25-26,29-30H,11-12,17H2,1H3,(H,32,33)/t25-,26+/m0/s1. The van der Waals surface area contributed by atoms with Gasteiger partial charge in [0, 0.05) is 23.0 Å². The number of rotatable bonds is 7. The topological polar surface area (TPSA) is 98.6 Å². The van der Waals surface area contributed by atoms with Gasteiger partial charge in [-0.3, -0.25) is 5.10 Å². The zero-order valence-corrected chi connectivity index (χ0v) is 19.0. The highest BCUT2D eigenvalue weighted by atomic mass is 16.5. The van der Waals surface area contributed by atoms with Crippen LogP contribution in [0, 0.1) is 18.3 Å². The van der Waals surface area contributed by atoms with Crippen molar-refractivity contribution < 1.29 is 4.74 Å². The lowest BCUT2D eigenvalue weighted by Crippen LogP contribution is -2.43. The summed E-state index contributed by atoms with van der Waals surface area (Å²) in [5.41, 5.74) is 6.97. The van der Waals surface area contributed by atoms with Gasteiger partial charge in [0.25, 0.3) is 0 Å². The number of hydrogen-bond acceptors (Lipinski definition) is 6. The Morgan fingerprint density at radius 2 is 1.97 bits per heavy atom. The summed E-state index contributed by atoms with van der Waals surface area (Å²) in [5.74, 6) is 0.607. The van der Waals surface area contributed by atoms with Crippen molar-refractivity contribution in [3.63, 3.8) is 0 Å². The van der Waals surface area contributed by atoms with Gasteiger partial charge in [-0.2, -0.15) is 10.4 Å². The minimum atomic E-state index is -0.120. The number of aromatic nitrogens is 3. The molecule has 0 fully saturated rings. The van der Waals surface area contributed by atoms with Gasteiger partial charge in [0.2, 0.25) is 5.88 Å². The molecule has 2 aromatic carbocycles. The van der Waals surface area contributed by atoms with E-state index >= 15 is 0 Å². The van der Waals surface area contributed by atoms with Crippen molar-refractivity contribution in [3.8, 4) is 23.1 Å². The van der Waals surface area contributed by atoms with E-state index in [4.69, 9.17) is 10.00 Å². The largest absolute Gasteiger partial charge is 0.469 e. The molecule has 34 heavy (non-hydrogen) atoms. The molecule has 1 aliphatic heterocycles. The van der Waals surface area contributed by atoms with Crippen molar-refractivity contribution in [1.82, 2.24) is 20.5 Å². The highest BCUT2D eigenvalue weighted by Crippen LogP contribution is 2.34. The zero-order chi connectivity index (χ0) is 23.3. The number of fused-ring (bicyclic) bond motifs is 1. The van der Waals surface area contributed by atoms with Crippen LogP contribution in [0.25, 0.3) is 11.1 Å². The van der Waals surface area contributed by atoms with E-state index in [1.54, 1.807) is 0 Å². The van der Waals surface area contributed by atoms with E-state index in [2.05, 4.69) is 50.1 Å². The number of nitrogens with one attached hydrogen (secondary N) is 3. The molecule has 7 nitrogen and oxygen atoms in total. The maximum atomic E-state index is 9.00. The summed E-state index contributed by atoms with van der Waals surface area (Å²) in [6.07, 6.45) is 4.38. The first-order valence-electron chi connectivity index (χ1n) is 11.4. The summed E-state index contributed by atoms with van der Waals surface area (Å²) in [4.78, 5) is 4.61. The third-order valence-electron chi connectivity index (χ3n) is 6.14. The van der Waals surface area contributed by atoms with Gasteiger partial charge >= 0.3 is 0 Å². The molecule has 0 unspecified atom stereocenters. The SMILES string of the molecule is Cc1[nH]ncc1-c1cnc2c(c1)NC[C@@H]([C@H](NCCc1ccc(C#N)cc1)c1ccccc1)O2. The summed E-state index contributed by atoms with van der Waals surface area (Å²) in [5, 5.41) is 23.3. The molecule has 170 valence electrons. The molecule has 0 saturated heterocycles. The lowest BCUT2D eigenvalue weighted by atomic mass is 9.99. The van der Waals surface area contributed by atoms with Crippen LogP contribution < -0.4 is 15.4 Å². The van der Waals surface area contributed by atoms with Gasteiger partial charge in [-0.25, -0.2) is 4.98 Å². The Balaban J connectivity index is 1.31. The van der Waals surface area contributed by atoms with E-state index in [1.807, 2.05) is 61.8 Å². The zero-order valence-electron chi connectivity index (χ0n) is 19.0. The third-order valence-corrected chi connectivity index (χ3v) is 6.14. The number of nitrogens with zero attached hydrogens (tertiary/aromatic N) is 3. The van der Waals surface area contributed by atoms with E-state index in [0.717, 1.165) is 35.5 Å². The number of nitriles is 1. The Bertz CT molecular complexity index is 1290. The second kappa shape index (κ2) is 9.77. The fraction of sp³-hybridized carbons (Fsp3) is 0.222. The van der Waals surface area contributed by atoms with E-state index < -0.39 is 0 Å². The van der Waals surface area contributed by atoms with Crippen LogP contribution in [0.3, 0.4) is 0 Å². The molecular weight excluding hydrogens is 424 g/mol. The first-order valence-corrected chi connectivity index (χ1v) is 11.4. The molecule has 3 N–H and O–H groups in total. The van der Waals surface area contributed by atoms with Crippen molar-refractivity contribution in [2.45, 2.75) is 25.5 Å². The van der Waals surface area contributed by atoms with Gasteiger partial charge in [-0.15, -0.1) is 0 Å². The van der Waals surface area contributed by atoms with Crippen molar-refractivity contribution in [3.05, 3.63) is 95.4 Å². The molecule has 0 radical (unpaired) electrons. The van der Waals surface area contributed by atoms with Crippen molar-refractivity contribution in [1.29, 1.82) is 5.26 Å². The normalized spacial score (nSPS) is 15.5. The number of pyridine rings is 1. The molecule has 0 aliphatic carbocycles. The third kappa shape index (κ3) is 4.63. The van der Waals surface area contributed by atoms with Gasteiger partial charge in [0.1, 0.15) is 6.10 Å². The molecule has 0 spiro atoms. The van der Waals surface area contributed by atoms with E-state index in [0.29, 0.717) is 18.0 Å². The summed E-state index contributed by atoms with van der Waals surface area (Å²) in [6, 6.07) is 22.3. The van der Waals surface area contributed by atoms with Crippen LogP contribution in [-0.2, 0) is 6.42 Å². The Morgan fingerprint density at radius 3 is 2.71 bits per heavy atom. The molecule has 5 rings (SSSR count). The first kappa shape index (κ1) is 21.7. The van der Waals surface area contributed by atoms with Crippen LogP contribution in [0.5, 0.6) is 5.88 Å². The summed E-state index contributed by atoms with van der Waals surface area (Å²) >= 11 is 0. The number of aromatic amines is 1. The smallest absolute Gasteiger partial charge is 0.237 e. The summed E-state index contributed by atoms with van der Waals surface area (Å²) < 4.78 is 6.39. The van der Waals surface area contributed by atoms with Crippen LogP contribution in [0.2, 0.25) is 0 Å². The minimum absolute atomic E-state index is 0.00201. The molecule has 2 aromatic heterocycles. The van der Waals surface area contributed by atoms with Crippen molar-refractivity contribution in [2.75, 3.05) is 18.4 Å². The Morgan fingerprint density at radius 1 is 1.15 bits per heavy atom. The molecule has 0 bridgehead atoms. The second-order valence-electron chi connectivity index (χ2n) is 8.42. The number of anilines is 1. The van der Waals surface area contributed by atoms with Gasteiger partial charge in [-0.1, -0.05) is 42.5 Å². The molecule has 4 aromatic rings. The number of ether oxygens (including phenoxy) is 1. The predicted octanol–water partition coefficient (Wildman–Crippen LogP) is 4.40. The highest BCUT2D eigenvalue weighted by molar-refractivity contribution is 5.71. The summed E-state index contributed by atoms with van der Waals surface area (Å²) in [6.45, 7) is 3.44. The molecule has 3 heterocycles. The number of benzene rings is 2.